The van der Waals surface area contributed by atoms with Gasteiger partial charge in [0.1, 0.15) is 6.61 Å². The Morgan fingerprint density at radius 2 is 1.81 bits per heavy atom. The van der Waals surface area contributed by atoms with Gasteiger partial charge in [0.05, 0.1) is 22.3 Å². The van der Waals surface area contributed by atoms with Gasteiger partial charge in [-0.15, -0.1) is 0 Å². The highest BCUT2D eigenvalue weighted by atomic mass is 19.4. The molecule has 2 aromatic carbocycles. The molecule has 1 N–H and O–H groups in total. The number of carboxylic acid groups (broad SMARTS) is 1. The lowest BCUT2D eigenvalue weighted by molar-refractivity contribution is -0.137. The zero-order chi connectivity index (χ0) is 18.9. The summed E-state index contributed by atoms with van der Waals surface area (Å²) in [4.78, 5) is 16.8. The number of hydrogen-bond donors (Lipinski definition) is 1. The van der Waals surface area contributed by atoms with Gasteiger partial charge in [0, 0.05) is 11.8 Å². The van der Waals surface area contributed by atoms with Crippen molar-refractivity contribution in [2.24, 2.45) is 0 Å². The second kappa shape index (κ2) is 6.74. The topological polar surface area (TPSA) is 51.5 Å². The Morgan fingerprint density at radius 3 is 2.38 bits per heavy atom. The molecule has 26 heavy (non-hydrogen) atoms. The van der Waals surface area contributed by atoms with Crippen molar-refractivity contribution in [2.45, 2.75) is 19.5 Å². The first-order valence-corrected chi connectivity index (χ1v) is 7.96. The fourth-order valence-electron chi connectivity index (χ4n) is 2.81. The molecule has 136 valence electrons. The first-order valence-electron chi connectivity index (χ1n) is 7.96. The molecular weight excluding hydrogens is 347 g/mol. The molecule has 0 unspecified atom stereocenters. The molecule has 0 spiro atoms. The van der Waals surface area contributed by atoms with Crippen molar-refractivity contribution in [2.75, 3.05) is 6.61 Å². The van der Waals surface area contributed by atoms with E-state index in [4.69, 9.17) is 9.94 Å². The van der Waals surface area contributed by atoms with E-state index >= 15 is 0 Å². The van der Waals surface area contributed by atoms with Crippen molar-refractivity contribution >= 4 is 16.9 Å². The molecule has 0 radical (unpaired) electrons. The van der Waals surface area contributed by atoms with Crippen LogP contribution in [0.4, 0.5) is 13.2 Å². The third-order valence-corrected chi connectivity index (χ3v) is 4.00. The zero-order valence-corrected chi connectivity index (χ0v) is 13.9. The number of hydrogen-bond acceptors (Lipinski definition) is 2. The molecule has 0 bridgehead atoms. The van der Waals surface area contributed by atoms with E-state index in [0.717, 1.165) is 17.8 Å². The fourth-order valence-corrected chi connectivity index (χ4v) is 2.81. The van der Waals surface area contributed by atoms with Gasteiger partial charge in [-0.2, -0.15) is 17.9 Å². The maximum atomic E-state index is 12.7. The Hall–Kier alpha value is -2.96. The maximum absolute atomic E-state index is 12.7. The number of nitrogens with zero attached hydrogens (tertiary/aromatic N) is 1. The highest BCUT2D eigenvalue weighted by molar-refractivity contribution is 5.93. The van der Waals surface area contributed by atoms with E-state index in [0.29, 0.717) is 29.5 Å². The predicted molar refractivity (Wildman–Crippen MR) is 90.3 cm³/mol. The van der Waals surface area contributed by atoms with Gasteiger partial charge >= 0.3 is 12.1 Å². The van der Waals surface area contributed by atoms with E-state index in [1.807, 2.05) is 6.92 Å². The summed E-state index contributed by atoms with van der Waals surface area (Å²) in [5.74, 6) is -1.03. The first kappa shape index (κ1) is 17.8. The second-order valence-electron chi connectivity index (χ2n) is 5.80. The summed E-state index contributed by atoms with van der Waals surface area (Å²) < 4.78 is 39.6. The summed E-state index contributed by atoms with van der Waals surface area (Å²) in [5, 5.41) is 9.82. The minimum atomic E-state index is -4.37. The quantitative estimate of drug-likeness (QED) is 0.731. The molecule has 0 aliphatic carbocycles. The molecule has 1 aromatic heterocycles. The Morgan fingerprint density at radius 1 is 1.12 bits per heavy atom. The van der Waals surface area contributed by atoms with Crippen LogP contribution >= 0.6 is 0 Å². The summed E-state index contributed by atoms with van der Waals surface area (Å²) in [7, 11) is 0. The number of aromatic carboxylic acids is 1. The van der Waals surface area contributed by atoms with Crippen LogP contribution in [0.5, 0.6) is 0 Å². The van der Waals surface area contributed by atoms with Crippen LogP contribution in [0.25, 0.3) is 10.9 Å². The van der Waals surface area contributed by atoms with Gasteiger partial charge in [-0.05, 0) is 48.9 Å². The van der Waals surface area contributed by atoms with Crippen LogP contribution < -0.4 is 4.84 Å². The summed E-state index contributed by atoms with van der Waals surface area (Å²) >= 11 is 0. The van der Waals surface area contributed by atoms with Gasteiger partial charge in [0.15, 0.2) is 0 Å². The van der Waals surface area contributed by atoms with Crippen molar-refractivity contribution < 1.29 is 27.9 Å². The lowest BCUT2D eigenvalue weighted by Gasteiger charge is -2.11. The molecule has 3 aromatic rings. The van der Waals surface area contributed by atoms with Crippen molar-refractivity contribution in [3.63, 3.8) is 0 Å². The van der Waals surface area contributed by atoms with E-state index in [1.165, 1.54) is 18.2 Å². The summed E-state index contributed by atoms with van der Waals surface area (Å²) in [6.07, 6.45) is -4.01. The molecule has 0 amide bonds. The highest BCUT2D eigenvalue weighted by Crippen LogP contribution is 2.30. The minimum absolute atomic E-state index is 0.159. The highest BCUT2D eigenvalue weighted by Gasteiger charge is 2.30. The molecule has 0 saturated heterocycles. The molecular formula is C19H16F3NO3. The van der Waals surface area contributed by atoms with Gasteiger partial charge in [0.2, 0.25) is 0 Å². The minimum Gasteiger partial charge on any atom is -0.478 e. The molecule has 0 atom stereocenters. The largest absolute Gasteiger partial charge is 0.478 e. The monoisotopic (exact) mass is 363 g/mol. The number of fused-ring (bicyclic) bond motifs is 1. The average molecular weight is 363 g/mol. The van der Waals surface area contributed by atoms with Gasteiger partial charge in [-0.3, -0.25) is 0 Å². The standard InChI is InChI=1S/C19H16F3NO3/c1-2-26-23-16(9-12-3-6-15(7-4-12)19(20,21)22)11-14-10-13(18(24)25)5-8-17(14)23/h3-8,10-11H,2,9H2,1H3,(H,24,25). The first-order chi connectivity index (χ1) is 12.3. The van der Waals surface area contributed by atoms with Crippen molar-refractivity contribution in [3.05, 3.63) is 70.9 Å². The van der Waals surface area contributed by atoms with E-state index in [9.17, 15) is 18.0 Å². The van der Waals surface area contributed by atoms with Gasteiger partial charge in [-0.25, -0.2) is 4.79 Å². The van der Waals surface area contributed by atoms with Crippen LogP contribution in [0.1, 0.15) is 34.1 Å². The smallest absolute Gasteiger partial charge is 0.416 e. The molecule has 0 fully saturated rings. The van der Waals surface area contributed by atoms with E-state index in [2.05, 4.69) is 0 Å². The number of carboxylic acids is 1. The van der Waals surface area contributed by atoms with Gasteiger partial charge in [0.25, 0.3) is 0 Å². The lowest BCUT2D eigenvalue weighted by atomic mass is 10.1. The summed E-state index contributed by atoms with van der Waals surface area (Å²) in [5.41, 5.74) is 1.59. The third kappa shape index (κ3) is 3.51. The van der Waals surface area contributed by atoms with E-state index in [-0.39, 0.29) is 5.56 Å². The average Bonchev–Trinajstić information content (AvgIpc) is 2.91. The maximum Gasteiger partial charge on any atom is 0.416 e. The zero-order valence-electron chi connectivity index (χ0n) is 13.9. The Labute approximate surface area is 147 Å². The number of aromatic nitrogens is 1. The van der Waals surface area contributed by atoms with E-state index in [1.54, 1.807) is 22.9 Å². The lowest BCUT2D eigenvalue weighted by Crippen LogP contribution is -2.14. The summed E-state index contributed by atoms with van der Waals surface area (Å²) in [6, 6.07) is 11.4. The number of rotatable bonds is 5. The third-order valence-electron chi connectivity index (χ3n) is 4.00. The molecule has 0 saturated carbocycles. The van der Waals surface area contributed by atoms with Crippen LogP contribution in [-0.4, -0.2) is 22.4 Å². The summed E-state index contributed by atoms with van der Waals surface area (Å²) in [6.45, 7) is 2.21. The van der Waals surface area contributed by atoms with Crippen LogP contribution in [-0.2, 0) is 12.6 Å². The molecule has 7 heteroatoms. The van der Waals surface area contributed by atoms with Crippen molar-refractivity contribution in [1.29, 1.82) is 0 Å². The van der Waals surface area contributed by atoms with E-state index < -0.39 is 17.7 Å². The van der Waals surface area contributed by atoms with Crippen LogP contribution in [0.3, 0.4) is 0 Å². The molecule has 4 nitrogen and oxygen atoms in total. The molecule has 1 heterocycles. The van der Waals surface area contributed by atoms with Crippen LogP contribution in [0.15, 0.2) is 48.5 Å². The van der Waals surface area contributed by atoms with Crippen molar-refractivity contribution in [1.82, 2.24) is 4.73 Å². The number of carbonyl (C=O) groups is 1. The predicted octanol–water partition coefficient (Wildman–Crippen LogP) is 4.40. The number of halogens is 3. The van der Waals surface area contributed by atoms with Crippen LogP contribution in [0.2, 0.25) is 0 Å². The Bertz CT molecular complexity index is 943. The van der Waals surface area contributed by atoms with Crippen LogP contribution in [0, 0.1) is 0 Å². The molecule has 0 aliphatic heterocycles. The van der Waals surface area contributed by atoms with Crippen molar-refractivity contribution in [3.8, 4) is 0 Å². The fraction of sp³-hybridized carbons (Fsp3) is 0.211. The second-order valence-corrected chi connectivity index (χ2v) is 5.80. The number of benzene rings is 2. The molecule has 0 aliphatic rings. The Kier molecular flexibility index (Phi) is 4.63. The van der Waals surface area contributed by atoms with Gasteiger partial charge in [-0.1, -0.05) is 12.1 Å². The SMILES string of the molecule is CCOn1c(Cc2ccc(C(F)(F)F)cc2)cc2cc(C(=O)O)ccc21. The molecule has 3 rings (SSSR count). The normalized spacial score (nSPS) is 11.7. The van der Waals surface area contributed by atoms with Gasteiger partial charge < -0.3 is 9.94 Å². The Balaban J connectivity index is 1.98. The number of alkyl halides is 3.